The van der Waals surface area contributed by atoms with Gasteiger partial charge in [0.2, 0.25) is 0 Å². The maximum atomic E-state index is 6.14. The van der Waals surface area contributed by atoms with Crippen LogP contribution in [0.2, 0.25) is 5.02 Å². The lowest BCUT2D eigenvalue weighted by Crippen LogP contribution is -2.23. The van der Waals surface area contributed by atoms with Crippen molar-refractivity contribution in [3.63, 3.8) is 0 Å². The smallest absolute Gasteiger partial charge is 0.105 e. The van der Waals surface area contributed by atoms with Crippen LogP contribution in [0, 0.1) is 5.92 Å². The quantitative estimate of drug-likeness (QED) is 0.831. The Hall–Kier alpha value is -0.800. The molecule has 1 unspecified atom stereocenters. The zero-order chi connectivity index (χ0) is 13.0. The molecule has 0 fully saturated rings. The first-order valence-electron chi connectivity index (χ1n) is 5.76. The normalized spacial score (nSPS) is 12.2. The summed E-state index contributed by atoms with van der Waals surface area (Å²) in [5.41, 5.74) is 7.41. The highest BCUT2D eigenvalue weighted by atomic mass is 35.5. The van der Waals surface area contributed by atoms with Gasteiger partial charge in [0.1, 0.15) is 4.99 Å². The molecule has 17 heavy (non-hydrogen) atoms. The highest BCUT2D eigenvalue weighted by molar-refractivity contribution is 7.80. The number of nitrogens with zero attached hydrogens (tertiary/aromatic N) is 1. The zero-order valence-corrected chi connectivity index (χ0v) is 12.1. The predicted octanol–water partition coefficient (Wildman–Crippen LogP) is 3.46. The lowest BCUT2D eigenvalue weighted by molar-refractivity contribution is 0.560. The molecule has 0 aromatic heterocycles. The molecule has 0 spiro atoms. The second kappa shape index (κ2) is 6.22. The van der Waals surface area contributed by atoms with E-state index in [1.54, 1.807) is 0 Å². The molecule has 2 nitrogen and oxygen atoms in total. The van der Waals surface area contributed by atoms with E-state index < -0.39 is 0 Å². The predicted molar refractivity (Wildman–Crippen MR) is 80.1 cm³/mol. The fourth-order valence-corrected chi connectivity index (χ4v) is 2.15. The van der Waals surface area contributed by atoms with Crippen molar-refractivity contribution in [1.29, 1.82) is 0 Å². The maximum absolute atomic E-state index is 6.14. The topological polar surface area (TPSA) is 29.3 Å². The van der Waals surface area contributed by atoms with Crippen molar-refractivity contribution in [1.82, 2.24) is 0 Å². The van der Waals surface area contributed by atoms with Crippen LogP contribution in [-0.4, -0.2) is 18.6 Å². The second-order valence-corrected chi connectivity index (χ2v) is 5.27. The summed E-state index contributed by atoms with van der Waals surface area (Å²) in [7, 11) is 2.07. The molecule has 1 atom stereocenters. The fourth-order valence-electron chi connectivity index (χ4n) is 1.64. The third kappa shape index (κ3) is 3.86. The highest BCUT2D eigenvalue weighted by Crippen LogP contribution is 2.23. The summed E-state index contributed by atoms with van der Waals surface area (Å²) >= 11 is 11.1. The van der Waals surface area contributed by atoms with Gasteiger partial charge in [-0.25, -0.2) is 0 Å². The van der Waals surface area contributed by atoms with Crippen molar-refractivity contribution in [2.24, 2.45) is 11.7 Å². The minimum absolute atomic E-state index is 0.339. The second-order valence-electron chi connectivity index (χ2n) is 4.42. The molecular weight excluding hydrogens is 252 g/mol. The number of rotatable bonds is 5. The van der Waals surface area contributed by atoms with E-state index in [2.05, 4.69) is 25.8 Å². The number of hydrogen-bond donors (Lipinski definition) is 1. The van der Waals surface area contributed by atoms with Gasteiger partial charge >= 0.3 is 0 Å². The van der Waals surface area contributed by atoms with E-state index in [-0.39, 0.29) is 0 Å². The zero-order valence-electron chi connectivity index (χ0n) is 10.5. The van der Waals surface area contributed by atoms with Gasteiger partial charge in [-0.3, -0.25) is 0 Å². The van der Waals surface area contributed by atoms with Crippen LogP contribution in [0.1, 0.15) is 25.8 Å². The molecular formula is C13H19ClN2S. The van der Waals surface area contributed by atoms with Crippen molar-refractivity contribution in [2.75, 3.05) is 18.5 Å². The van der Waals surface area contributed by atoms with Gasteiger partial charge in [0.05, 0.1) is 5.02 Å². The average molecular weight is 271 g/mol. The molecule has 0 aliphatic rings. The minimum Gasteiger partial charge on any atom is -0.389 e. The number of nitrogens with two attached hydrogens (primary N) is 1. The molecule has 0 heterocycles. The van der Waals surface area contributed by atoms with Crippen molar-refractivity contribution in [3.05, 3.63) is 28.8 Å². The summed E-state index contributed by atoms with van der Waals surface area (Å²) in [5, 5.41) is 0.617. The van der Waals surface area contributed by atoms with Gasteiger partial charge < -0.3 is 10.6 Å². The Morgan fingerprint density at radius 2 is 2.18 bits per heavy atom. The fraction of sp³-hybridized carbons (Fsp3) is 0.462. The third-order valence-electron chi connectivity index (χ3n) is 2.94. The summed E-state index contributed by atoms with van der Waals surface area (Å²) in [5.74, 6) is 0.661. The minimum atomic E-state index is 0.339. The van der Waals surface area contributed by atoms with Crippen LogP contribution in [-0.2, 0) is 0 Å². The van der Waals surface area contributed by atoms with Crippen LogP contribution in [0.5, 0.6) is 0 Å². The van der Waals surface area contributed by atoms with E-state index in [4.69, 9.17) is 29.6 Å². The lowest BCUT2D eigenvalue weighted by Gasteiger charge is -2.23. The molecule has 0 saturated heterocycles. The molecule has 0 radical (unpaired) electrons. The summed E-state index contributed by atoms with van der Waals surface area (Å²) < 4.78 is 0. The summed E-state index contributed by atoms with van der Waals surface area (Å²) in [6, 6.07) is 5.80. The lowest BCUT2D eigenvalue weighted by atomic mass is 10.1. The number of hydrogen-bond acceptors (Lipinski definition) is 2. The number of benzene rings is 1. The van der Waals surface area contributed by atoms with Crippen LogP contribution in [0.3, 0.4) is 0 Å². The van der Waals surface area contributed by atoms with Crippen molar-refractivity contribution >= 4 is 34.5 Å². The Bertz CT molecular complexity index is 406. The monoisotopic (exact) mass is 270 g/mol. The Morgan fingerprint density at radius 3 is 2.65 bits per heavy atom. The van der Waals surface area contributed by atoms with E-state index in [1.165, 1.54) is 6.42 Å². The first-order chi connectivity index (χ1) is 7.95. The molecule has 2 N–H and O–H groups in total. The third-order valence-corrected chi connectivity index (χ3v) is 3.47. The van der Waals surface area contributed by atoms with Crippen molar-refractivity contribution in [3.8, 4) is 0 Å². The molecule has 4 heteroatoms. The van der Waals surface area contributed by atoms with Crippen LogP contribution in [0.25, 0.3) is 0 Å². The Kier molecular flexibility index (Phi) is 5.22. The number of thiocarbonyl (C=S) groups is 1. The van der Waals surface area contributed by atoms with Crippen molar-refractivity contribution < 1.29 is 0 Å². The Balaban J connectivity index is 2.86. The first-order valence-corrected chi connectivity index (χ1v) is 6.54. The van der Waals surface area contributed by atoms with Gasteiger partial charge in [0.25, 0.3) is 0 Å². The highest BCUT2D eigenvalue weighted by Gasteiger charge is 2.09. The van der Waals surface area contributed by atoms with Crippen LogP contribution in [0.15, 0.2) is 18.2 Å². The summed E-state index contributed by atoms with van der Waals surface area (Å²) in [6.45, 7) is 5.45. The first kappa shape index (κ1) is 14.3. The molecule has 1 aromatic rings. The standard InChI is InChI=1S/C13H19ClN2S/c1-4-9(2)8-16(3)10-5-6-11(13(15)17)12(14)7-10/h5-7,9H,4,8H2,1-3H3,(H2,15,17). The van der Waals surface area contributed by atoms with Gasteiger partial charge in [0, 0.05) is 24.8 Å². The van der Waals surface area contributed by atoms with Gasteiger partial charge in [-0.1, -0.05) is 44.1 Å². The largest absolute Gasteiger partial charge is 0.389 e. The summed E-state index contributed by atoms with van der Waals surface area (Å²) in [4.78, 5) is 2.54. The van der Waals surface area contributed by atoms with E-state index in [0.717, 1.165) is 17.8 Å². The van der Waals surface area contributed by atoms with E-state index >= 15 is 0 Å². The SMILES string of the molecule is CCC(C)CN(C)c1ccc(C(N)=S)c(Cl)c1. The Morgan fingerprint density at radius 1 is 1.53 bits per heavy atom. The van der Waals surface area contributed by atoms with Gasteiger partial charge in [0.15, 0.2) is 0 Å². The molecule has 1 aromatic carbocycles. The average Bonchev–Trinajstić information content (AvgIpc) is 2.28. The molecule has 0 saturated carbocycles. The summed E-state index contributed by atoms with van der Waals surface area (Å²) in [6.07, 6.45) is 1.17. The maximum Gasteiger partial charge on any atom is 0.105 e. The van der Waals surface area contributed by atoms with E-state index in [1.807, 2.05) is 18.2 Å². The van der Waals surface area contributed by atoms with Gasteiger partial charge in [-0.15, -0.1) is 0 Å². The van der Waals surface area contributed by atoms with Crippen LogP contribution in [0.4, 0.5) is 5.69 Å². The van der Waals surface area contributed by atoms with Crippen molar-refractivity contribution in [2.45, 2.75) is 20.3 Å². The molecule has 0 bridgehead atoms. The molecule has 0 aliphatic carbocycles. The number of halogens is 1. The molecule has 0 aliphatic heterocycles. The molecule has 1 rings (SSSR count). The van der Waals surface area contributed by atoms with Crippen LogP contribution < -0.4 is 10.6 Å². The Labute approximate surface area is 114 Å². The van der Waals surface area contributed by atoms with Crippen LogP contribution >= 0.6 is 23.8 Å². The molecule has 0 amide bonds. The van der Waals surface area contributed by atoms with E-state index in [0.29, 0.717) is 15.9 Å². The van der Waals surface area contributed by atoms with Gasteiger partial charge in [-0.05, 0) is 24.1 Å². The molecule has 94 valence electrons. The van der Waals surface area contributed by atoms with Gasteiger partial charge in [-0.2, -0.15) is 0 Å². The number of anilines is 1. The van der Waals surface area contributed by atoms with E-state index in [9.17, 15) is 0 Å².